The summed E-state index contributed by atoms with van der Waals surface area (Å²) in [4.78, 5) is 23.3. The molecule has 0 aliphatic carbocycles. The van der Waals surface area contributed by atoms with E-state index in [0.29, 0.717) is 31.5 Å². The summed E-state index contributed by atoms with van der Waals surface area (Å²) in [5.41, 5.74) is 0.281. The lowest BCUT2D eigenvalue weighted by molar-refractivity contribution is -0.385. The van der Waals surface area contributed by atoms with Gasteiger partial charge in [0.05, 0.1) is 22.5 Å². The second-order valence-electron chi connectivity index (χ2n) is 5.00. The van der Waals surface area contributed by atoms with E-state index in [9.17, 15) is 20.2 Å². The molecule has 0 saturated carbocycles. The van der Waals surface area contributed by atoms with Crippen LogP contribution in [0.1, 0.15) is 24.4 Å². The highest BCUT2D eigenvalue weighted by Gasteiger charge is 2.32. The summed E-state index contributed by atoms with van der Waals surface area (Å²) in [6, 6.07) is 7.56. The van der Waals surface area contributed by atoms with Gasteiger partial charge in [-0.15, -0.1) is 0 Å². The lowest BCUT2D eigenvalue weighted by Crippen LogP contribution is -2.38. The fourth-order valence-corrected chi connectivity index (χ4v) is 2.64. The molecule has 2 rings (SSSR count). The van der Waals surface area contributed by atoms with Crippen LogP contribution < -0.4 is 0 Å². The fourth-order valence-electron chi connectivity index (χ4n) is 2.64. The van der Waals surface area contributed by atoms with Gasteiger partial charge in [-0.1, -0.05) is 12.1 Å². The Morgan fingerprint density at radius 1 is 1.43 bits per heavy atom. The van der Waals surface area contributed by atoms with Crippen LogP contribution in [0.2, 0.25) is 0 Å². The normalized spacial score (nSPS) is 17.9. The van der Waals surface area contributed by atoms with Crippen LogP contribution in [0.4, 0.5) is 5.69 Å². The summed E-state index contributed by atoms with van der Waals surface area (Å²) in [5, 5.41) is 29.4. The Kier molecular flexibility index (Phi) is 4.50. The molecule has 110 valence electrons. The Morgan fingerprint density at radius 2 is 2.05 bits per heavy atom. The molecule has 7 heteroatoms. The van der Waals surface area contributed by atoms with E-state index in [1.54, 1.807) is 18.2 Å². The van der Waals surface area contributed by atoms with Gasteiger partial charge in [0.15, 0.2) is 0 Å². The Bertz CT molecular complexity index is 588. The van der Waals surface area contributed by atoms with Gasteiger partial charge in [0.25, 0.3) is 5.69 Å². The molecule has 1 fully saturated rings. The van der Waals surface area contributed by atoms with Gasteiger partial charge >= 0.3 is 5.97 Å². The van der Waals surface area contributed by atoms with Crippen LogP contribution in [0.15, 0.2) is 24.3 Å². The van der Waals surface area contributed by atoms with E-state index in [1.165, 1.54) is 6.07 Å². The lowest BCUT2D eigenvalue weighted by Gasteiger charge is -2.33. The Balaban J connectivity index is 2.21. The number of rotatable bonds is 4. The zero-order valence-corrected chi connectivity index (χ0v) is 11.3. The third-order valence-corrected chi connectivity index (χ3v) is 3.79. The Morgan fingerprint density at radius 3 is 2.57 bits per heavy atom. The maximum Gasteiger partial charge on any atom is 0.306 e. The topological polar surface area (TPSA) is 107 Å². The third kappa shape index (κ3) is 3.17. The first-order valence-corrected chi connectivity index (χ1v) is 6.64. The van der Waals surface area contributed by atoms with E-state index in [0.717, 1.165) is 0 Å². The highest BCUT2D eigenvalue weighted by molar-refractivity contribution is 5.70. The number of piperidine rings is 1. The molecule has 1 heterocycles. The second kappa shape index (κ2) is 6.33. The molecule has 1 saturated heterocycles. The van der Waals surface area contributed by atoms with Gasteiger partial charge in [0.2, 0.25) is 0 Å². The minimum atomic E-state index is -0.825. The molecule has 0 spiro atoms. The fraction of sp³-hybridized carbons (Fsp3) is 0.429. The van der Waals surface area contributed by atoms with Crippen molar-refractivity contribution in [2.75, 3.05) is 13.1 Å². The average molecular weight is 289 g/mol. The highest BCUT2D eigenvalue weighted by atomic mass is 16.6. The summed E-state index contributed by atoms with van der Waals surface area (Å²) in [6.07, 6.45) is 0.905. The van der Waals surface area contributed by atoms with Crippen molar-refractivity contribution in [3.63, 3.8) is 0 Å². The van der Waals surface area contributed by atoms with Gasteiger partial charge in [0.1, 0.15) is 6.04 Å². The molecule has 0 bridgehead atoms. The van der Waals surface area contributed by atoms with Crippen molar-refractivity contribution in [3.05, 3.63) is 39.9 Å². The van der Waals surface area contributed by atoms with Gasteiger partial charge in [-0.2, -0.15) is 5.26 Å². The van der Waals surface area contributed by atoms with Gasteiger partial charge < -0.3 is 5.11 Å². The van der Waals surface area contributed by atoms with Gasteiger partial charge in [-0.05, 0) is 18.9 Å². The minimum absolute atomic E-state index is 0.0793. The first-order valence-electron chi connectivity index (χ1n) is 6.64. The van der Waals surface area contributed by atoms with Crippen molar-refractivity contribution in [1.82, 2.24) is 4.90 Å². The van der Waals surface area contributed by atoms with Crippen LogP contribution in [0.5, 0.6) is 0 Å². The largest absolute Gasteiger partial charge is 0.481 e. The summed E-state index contributed by atoms with van der Waals surface area (Å²) < 4.78 is 0. The molecule has 1 aliphatic rings. The van der Waals surface area contributed by atoms with Crippen molar-refractivity contribution in [2.45, 2.75) is 18.9 Å². The number of nitro groups is 1. The molecule has 0 radical (unpaired) electrons. The van der Waals surface area contributed by atoms with E-state index in [1.807, 2.05) is 4.90 Å². The number of benzene rings is 1. The van der Waals surface area contributed by atoms with E-state index >= 15 is 0 Å². The molecule has 1 aromatic rings. The van der Waals surface area contributed by atoms with Crippen LogP contribution >= 0.6 is 0 Å². The first kappa shape index (κ1) is 14.9. The molecule has 1 atom stereocenters. The summed E-state index contributed by atoms with van der Waals surface area (Å²) >= 11 is 0. The molecule has 0 amide bonds. The highest BCUT2D eigenvalue weighted by Crippen LogP contribution is 2.31. The Hall–Kier alpha value is -2.46. The average Bonchev–Trinajstić information content (AvgIpc) is 2.49. The molecule has 1 aromatic carbocycles. The molecule has 7 nitrogen and oxygen atoms in total. The Labute approximate surface area is 121 Å². The number of nitro benzene ring substituents is 1. The first-order chi connectivity index (χ1) is 10.0. The van der Waals surface area contributed by atoms with Crippen molar-refractivity contribution >= 4 is 11.7 Å². The smallest absolute Gasteiger partial charge is 0.306 e. The van der Waals surface area contributed by atoms with Crippen LogP contribution in [-0.2, 0) is 4.79 Å². The third-order valence-electron chi connectivity index (χ3n) is 3.79. The molecular formula is C14H15N3O4. The molecule has 21 heavy (non-hydrogen) atoms. The lowest BCUT2D eigenvalue weighted by atomic mass is 9.94. The molecule has 0 aromatic heterocycles. The molecule has 1 unspecified atom stereocenters. The van der Waals surface area contributed by atoms with E-state index in [4.69, 9.17) is 5.11 Å². The predicted molar refractivity (Wildman–Crippen MR) is 73.4 cm³/mol. The zero-order valence-electron chi connectivity index (χ0n) is 11.3. The summed E-state index contributed by atoms with van der Waals surface area (Å²) in [6.45, 7) is 0.891. The van der Waals surface area contributed by atoms with Crippen molar-refractivity contribution in [2.24, 2.45) is 5.92 Å². The summed E-state index contributed by atoms with van der Waals surface area (Å²) in [5.74, 6) is -1.22. The van der Waals surface area contributed by atoms with Gasteiger partial charge in [-0.3, -0.25) is 19.8 Å². The van der Waals surface area contributed by atoms with Gasteiger partial charge in [0, 0.05) is 19.2 Å². The second-order valence-corrected chi connectivity index (χ2v) is 5.00. The van der Waals surface area contributed by atoms with Crippen molar-refractivity contribution in [1.29, 1.82) is 5.26 Å². The van der Waals surface area contributed by atoms with Crippen LogP contribution in [0.25, 0.3) is 0 Å². The van der Waals surface area contributed by atoms with Crippen LogP contribution in [0, 0.1) is 27.4 Å². The van der Waals surface area contributed by atoms with E-state index in [-0.39, 0.29) is 5.69 Å². The van der Waals surface area contributed by atoms with Crippen molar-refractivity contribution < 1.29 is 14.8 Å². The molecule has 1 N–H and O–H groups in total. The minimum Gasteiger partial charge on any atom is -0.481 e. The number of hydrogen-bond donors (Lipinski definition) is 1. The quantitative estimate of drug-likeness (QED) is 0.670. The zero-order chi connectivity index (χ0) is 15.4. The van der Waals surface area contributed by atoms with Crippen LogP contribution in [-0.4, -0.2) is 34.0 Å². The van der Waals surface area contributed by atoms with Gasteiger partial charge in [-0.25, -0.2) is 0 Å². The number of nitrogens with zero attached hydrogens (tertiary/aromatic N) is 3. The maximum absolute atomic E-state index is 11.1. The number of aliphatic carboxylic acids is 1. The number of nitriles is 1. The number of hydrogen-bond acceptors (Lipinski definition) is 5. The predicted octanol–water partition coefficient (Wildman–Crippen LogP) is 1.96. The SMILES string of the molecule is N#CC(c1ccccc1[N+](=O)[O-])N1CCC(C(=O)O)CC1. The maximum atomic E-state index is 11.1. The molecular weight excluding hydrogens is 274 g/mol. The van der Waals surface area contributed by atoms with E-state index in [2.05, 4.69) is 6.07 Å². The molecule has 1 aliphatic heterocycles. The standard InChI is InChI=1S/C14H15N3O4/c15-9-13(11-3-1-2-4-12(11)17(20)21)16-7-5-10(6-8-16)14(18)19/h1-4,10,13H,5-8H2,(H,18,19). The van der Waals surface area contributed by atoms with E-state index < -0.39 is 22.9 Å². The number of para-hydroxylation sites is 1. The van der Waals surface area contributed by atoms with Crippen LogP contribution in [0.3, 0.4) is 0 Å². The van der Waals surface area contributed by atoms with Crippen molar-refractivity contribution in [3.8, 4) is 6.07 Å². The summed E-state index contributed by atoms with van der Waals surface area (Å²) in [7, 11) is 0. The number of carbonyl (C=O) groups is 1. The number of carboxylic acids is 1. The monoisotopic (exact) mass is 289 g/mol. The number of carboxylic acid groups (broad SMARTS) is 1. The number of likely N-dealkylation sites (tertiary alicyclic amines) is 1.